The Labute approximate surface area is 147 Å². The third-order valence-electron chi connectivity index (χ3n) is 3.09. The van der Waals surface area contributed by atoms with Gasteiger partial charge in [0.25, 0.3) is 0 Å². The van der Waals surface area contributed by atoms with Crippen molar-refractivity contribution in [3.8, 4) is 5.75 Å². The zero-order valence-corrected chi connectivity index (χ0v) is 13.2. The Morgan fingerprint density at radius 1 is 0.846 bits per heavy atom. The average Bonchev–Trinajstić information content (AvgIpc) is 2.49. The van der Waals surface area contributed by atoms with Crippen molar-refractivity contribution in [3.63, 3.8) is 0 Å². The Morgan fingerprint density at radius 2 is 1.31 bits per heavy atom. The van der Waals surface area contributed by atoms with Gasteiger partial charge in [-0.3, -0.25) is 0 Å². The van der Waals surface area contributed by atoms with E-state index < -0.39 is 40.3 Å². The lowest BCUT2D eigenvalue weighted by atomic mass is 10.1. The number of benzene rings is 2. The van der Waals surface area contributed by atoms with Crippen LogP contribution in [0.15, 0.2) is 36.4 Å². The lowest BCUT2D eigenvalue weighted by Gasteiger charge is -2.14. The molecule has 0 aromatic heterocycles. The number of aromatic hydroxyl groups is 1. The van der Waals surface area contributed by atoms with Gasteiger partial charge >= 0.3 is 18.4 Å². The predicted octanol–water partition coefficient (Wildman–Crippen LogP) is 5.73. The summed E-state index contributed by atoms with van der Waals surface area (Å²) < 4.78 is 76.4. The molecule has 0 atom stereocenters. The number of carbonyl (C=O) groups excluding carboxylic acids is 1. The molecule has 0 aliphatic rings. The number of nitrogens with one attached hydrogen (secondary N) is 2. The monoisotopic (exact) mass is 398 g/mol. The summed E-state index contributed by atoms with van der Waals surface area (Å²) in [6, 6.07) is 3.71. The first-order valence-electron chi connectivity index (χ1n) is 6.73. The molecule has 3 N–H and O–H groups in total. The van der Waals surface area contributed by atoms with Crippen molar-refractivity contribution in [2.75, 3.05) is 10.6 Å². The van der Waals surface area contributed by atoms with E-state index in [0.29, 0.717) is 12.1 Å². The summed E-state index contributed by atoms with van der Waals surface area (Å²) in [6.45, 7) is 0. The maximum atomic E-state index is 12.8. The molecule has 2 aromatic rings. The van der Waals surface area contributed by atoms with E-state index in [2.05, 4.69) is 5.32 Å². The number of anilines is 2. The van der Waals surface area contributed by atoms with E-state index in [1.165, 1.54) is 0 Å². The number of phenolic OH excluding ortho intramolecular Hbond substituents is 1. The Morgan fingerprint density at radius 3 is 1.81 bits per heavy atom. The van der Waals surface area contributed by atoms with E-state index >= 15 is 0 Å². The molecule has 0 saturated heterocycles. The van der Waals surface area contributed by atoms with Gasteiger partial charge in [-0.15, -0.1) is 0 Å². The van der Waals surface area contributed by atoms with Gasteiger partial charge in [0.05, 0.1) is 16.1 Å². The Kier molecular flexibility index (Phi) is 5.26. The van der Waals surface area contributed by atoms with Gasteiger partial charge in [-0.1, -0.05) is 11.6 Å². The van der Waals surface area contributed by atoms with Gasteiger partial charge in [0.2, 0.25) is 0 Å². The van der Waals surface area contributed by atoms with Crippen molar-refractivity contribution in [2.45, 2.75) is 12.4 Å². The van der Waals surface area contributed by atoms with Crippen LogP contribution in [0.2, 0.25) is 5.02 Å². The maximum Gasteiger partial charge on any atom is 0.420 e. The molecule has 0 bridgehead atoms. The molecule has 2 amide bonds. The third kappa shape index (κ3) is 4.72. The van der Waals surface area contributed by atoms with Crippen molar-refractivity contribution >= 4 is 29.0 Å². The third-order valence-corrected chi connectivity index (χ3v) is 3.42. The Balaban J connectivity index is 2.18. The number of phenols is 1. The second kappa shape index (κ2) is 6.94. The average molecular weight is 399 g/mol. The van der Waals surface area contributed by atoms with Crippen molar-refractivity contribution in [1.29, 1.82) is 0 Å². The van der Waals surface area contributed by atoms with Crippen LogP contribution >= 0.6 is 11.6 Å². The molecule has 0 radical (unpaired) electrons. The summed E-state index contributed by atoms with van der Waals surface area (Å²) in [5.41, 5.74) is -3.14. The number of amides is 2. The van der Waals surface area contributed by atoms with E-state index in [1.807, 2.05) is 5.32 Å². The summed E-state index contributed by atoms with van der Waals surface area (Å²) in [5.74, 6) is -1.03. The molecule has 0 heterocycles. The van der Waals surface area contributed by atoms with Crippen LogP contribution < -0.4 is 10.6 Å². The molecule has 0 fully saturated rings. The summed E-state index contributed by atoms with van der Waals surface area (Å²) in [5, 5.41) is 12.7. The number of hydrogen-bond donors (Lipinski definition) is 3. The molecule has 0 aliphatic carbocycles. The van der Waals surface area contributed by atoms with Crippen LogP contribution in [0.4, 0.5) is 42.5 Å². The van der Waals surface area contributed by atoms with Crippen LogP contribution in [-0.2, 0) is 12.4 Å². The summed E-state index contributed by atoms with van der Waals surface area (Å²) >= 11 is 5.44. The summed E-state index contributed by atoms with van der Waals surface area (Å²) in [7, 11) is 0. The van der Waals surface area contributed by atoms with E-state index in [0.717, 1.165) is 24.3 Å². The van der Waals surface area contributed by atoms with Crippen LogP contribution in [0, 0.1) is 0 Å². The first-order chi connectivity index (χ1) is 11.9. The molecule has 11 heteroatoms. The van der Waals surface area contributed by atoms with E-state index in [4.69, 9.17) is 11.6 Å². The van der Waals surface area contributed by atoms with E-state index in [1.54, 1.807) is 0 Å². The summed E-state index contributed by atoms with van der Waals surface area (Å²) in [6.07, 6.45) is -9.60. The first kappa shape index (κ1) is 19.7. The van der Waals surface area contributed by atoms with Gasteiger partial charge in [-0.2, -0.15) is 26.3 Å². The van der Waals surface area contributed by atoms with Crippen LogP contribution in [0.5, 0.6) is 5.75 Å². The molecular formula is C15H9ClF6N2O2. The second-order valence-corrected chi connectivity index (χ2v) is 5.41. The highest BCUT2D eigenvalue weighted by Gasteiger charge is 2.34. The molecule has 2 rings (SSSR count). The highest BCUT2D eigenvalue weighted by Crippen LogP contribution is 2.38. The predicted molar refractivity (Wildman–Crippen MR) is 82.2 cm³/mol. The molecule has 0 spiro atoms. The lowest BCUT2D eigenvalue weighted by molar-refractivity contribution is -0.139. The zero-order valence-electron chi connectivity index (χ0n) is 12.5. The molecule has 0 aliphatic heterocycles. The molecule has 26 heavy (non-hydrogen) atoms. The van der Waals surface area contributed by atoms with Crippen LogP contribution in [0.25, 0.3) is 0 Å². The van der Waals surface area contributed by atoms with Gasteiger partial charge in [-0.25, -0.2) is 4.79 Å². The first-order valence-corrected chi connectivity index (χ1v) is 7.10. The highest BCUT2D eigenvalue weighted by molar-refractivity contribution is 6.31. The van der Waals surface area contributed by atoms with Gasteiger partial charge in [0.1, 0.15) is 5.75 Å². The highest BCUT2D eigenvalue weighted by atomic mass is 35.5. The fourth-order valence-corrected chi connectivity index (χ4v) is 2.18. The maximum absolute atomic E-state index is 12.8. The largest absolute Gasteiger partial charge is 0.507 e. The smallest absolute Gasteiger partial charge is 0.420 e. The molecule has 140 valence electrons. The number of hydrogen-bond acceptors (Lipinski definition) is 2. The standard InChI is InChI=1S/C15H9ClF6N2O2/c16-11-3-1-7(5-9(11)14(17,18)19)23-13(26)24-8-2-4-12(25)10(6-8)15(20,21)22/h1-6,25H,(H2,23,24,26). The SMILES string of the molecule is O=C(Nc1ccc(O)c(C(F)(F)F)c1)Nc1ccc(Cl)c(C(F)(F)F)c1. The topological polar surface area (TPSA) is 61.4 Å². The van der Waals surface area contributed by atoms with Crippen molar-refractivity contribution in [2.24, 2.45) is 0 Å². The Bertz CT molecular complexity index is 768. The quantitative estimate of drug-likeness (QED) is 0.447. The molecular weight excluding hydrogens is 390 g/mol. The number of urea groups is 1. The normalized spacial score (nSPS) is 12.0. The van der Waals surface area contributed by atoms with Crippen LogP contribution in [0.3, 0.4) is 0 Å². The van der Waals surface area contributed by atoms with E-state index in [-0.39, 0.29) is 11.4 Å². The van der Waals surface area contributed by atoms with Gasteiger partial charge in [-0.05, 0) is 36.4 Å². The number of alkyl halides is 6. The van der Waals surface area contributed by atoms with E-state index in [9.17, 15) is 36.2 Å². The van der Waals surface area contributed by atoms with Gasteiger partial charge < -0.3 is 15.7 Å². The van der Waals surface area contributed by atoms with Crippen molar-refractivity contribution < 1.29 is 36.2 Å². The minimum Gasteiger partial charge on any atom is -0.507 e. The van der Waals surface area contributed by atoms with Crippen LogP contribution in [-0.4, -0.2) is 11.1 Å². The fraction of sp³-hybridized carbons (Fsp3) is 0.133. The molecule has 4 nitrogen and oxygen atoms in total. The number of rotatable bonds is 2. The molecule has 0 unspecified atom stereocenters. The minimum absolute atomic E-state index is 0.269. The molecule has 2 aromatic carbocycles. The molecule has 0 saturated carbocycles. The zero-order chi connectivity index (χ0) is 19.7. The second-order valence-electron chi connectivity index (χ2n) is 5.00. The Hall–Kier alpha value is -2.62. The van der Waals surface area contributed by atoms with Gasteiger partial charge in [0.15, 0.2) is 0 Å². The lowest BCUT2D eigenvalue weighted by Crippen LogP contribution is -2.20. The number of halogens is 7. The van der Waals surface area contributed by atoms with Crippen LogP contribution in [0.1, 0.15) is 11.1 Å². The van der Waals surface area contributed by atoms with Crippen molar-refractivity contribution in [3.05, 3.63) is 52.5 Å². The van der Waals surface area contributed by atoms with Crippen molar-refractivity contribution in [1.82, 2.24) is 0 Å². The number of carbonyl (C=O) groups is 1. The van der Waals surface area contributed by atoms with Gasteiger partial charge in [0, 0.05) is 11.4 Å². The summed E-state index contributed by atoms with van der Waals surface area (Å²) in [4.78, 5) is 11.8. The minimum atomic E-state index is -4.85. The fourth-order valence-electron chi connectivity index (χ4n) is 1.95.